The lowest BCUT2D eigenvalue weighted by Crippen LogP contribution is -3.61. The van der Waals surface area contributed by atoms with Crippen molar-refractivity contribution >= 4 is 10.1 Å². The highest BCUT2D eigenvalue weighted by Gasteiger charge is 2.14. The minimum absolute atomic E-state index is 0.00313. The zero-order chi connectivity index (χ0) is 26.8. The Morgan fingerprint density at radius 3 is 1.49 bits per heavy atom. The topological polar surface area (TPSA) is 43.4 Å². The third kappa shape index (κ3) is 14.1. The second-order valence-electron chi connectivity index (χ2n) is 9.46. The molecule has 0 aliphatic heterocycles. The Morgan fingerprint density at radius 1 is 0.595 bits per heavy atom. The van der Waals surface area contributed by atoms with Crippen molar-refractivity contribution in [3.8, 4) is 0 Å². The molecule has 0 spiro atoms. The summed E-state index contributed by atoms with van der Waals surface area (Å²) in [5.41, 5.74) is 2.68. The molecule has 0 unspecified atom stereocenters. The summed E-state index contributed by atoms with van der Waals surface area (Å²) in [5, 5.41) is 0. The molecule has 0 saturated heterocycles. The number of unbranched alkanes of at least 4 members (excludes halogenated alkanes) is 9. The van der Waals surface area contributed by atoms with E-state index in [2.05, 4.69) is 69.3 Å². The van der Waals surface area contributed by atoms with Crippen LogP contribution in [0.3, 0.4) is 0 Å². The standard InChI is InChI=1S/C18H30O3S.C14H14I/c1-2-3-4-5-6-7-8-9-10-14-17-21-22(19,20)18-15-12-11-13-16-18;1-11-3-7-13(8-4-11)15-14-9-5-12(2)6-10-14/h11-13,15-16H,2-10,14,17H2,1H3;3-10H,1-2H3/q;+1. The minimum Gasteiger partial charge on any atom is -0.266 e. The molecule has 0 aliphatic rings. The second kappa shape index (κ2) is 18.5. The summed E-state index contributed by atoms with van der Waals surface area (Å²) in [6.07, 6.45) is 12.3. The molecule has 0 atom stereocenters. The van der Waals surface area contributed by atoms with Gasteiger partial charge in [-0.05, 0) is 56.7 Å². The lowest BCUT2D eigenvalue weighted by molar-refractivity contribution is -0.597. The van der Waals surface area contributed by atoms with E-state index in [1.54, 1.807) is 30.3 Å². The summed E-state index contributed by atoms with van der Waals surface area (Å²) in [4.78, 5) is 0.238. The summed E-state index contributed by atoms with van der Waals surface area (Å²) >= 11 is 0.00313. The van der Waals surface area contributed by atoms with Gasteiger partial charge in [0.1, 0.15) is 0 Å². The highest BCUT2D eigenvalue weighted by atomic mass is 127. The van der Waals surface area contributed by atoms with Gasteiger partial charge in [0.25, 0.3) is 10.1 Å². The molecule has 5 heteroatoms. The first kappa shape index (κ1) is 31.5. The van der Waals surface area contributed by atoms with Crippen LogP contribution in [0.15, 0.2) is 83.8 Å². The quantitative estimate of drug-likeness (QED) is 0.122. The van der Waals surface area contributed by atoms with Gasteiger partial charge in [-0.15, -0.1) is 0 Å². The fraction of sp³-hybridized carbons (Fsp3) is 0.438. The third-order valence-corrected chi connectivity index (χ3v) is 10.0. The van der Waals surface area contributed by atoms with Crippen LogP contribution >= 0.6 is 0 Å². The lowest BCUT2D eigenvalue weighted by atomic mass is 10.1. The third-order valence-electron chi connectivity index (χ3n) is 6.01. The molecule has 3 aromatic carbocycles. The zero-order valence-electron chi connectivity index (χ0n) is 22.8. The molecule has 0 radical (unpaired) electrons. The predicted octanol–water partition coefficient (Wildman–Crippen LogP) is 5.74. The highest BCUT2D eigenvalue weighted by molar-refractivity contribution is 7.86. The number of hydrogen-bond donors (Lipinski definition) is 0. The fourth-order valence-electron chi connectivity index (χ4n) is 3.73. The molecule has 0 saturated carbocycles. The molecule has 3 aromatic rings. The van der Waals surface area contributed by atoms with Gasteiger partial charge in [-0.2, -0.15) is 8.42 Å². The predicted molar refractivity (Wildman–Crippen MR) is 151 cm³/mol. The molecule has 3 rings (SSSR count). The Labute approximate surface area is 236 Å². The summed E-state index contributed by atoms with van der Waals surface area (Å²) in [7, 11) is -3.57. The molecular weight excluding hydrogens is 591 g/mol. The van der Waals surface area contributed by atoms with Gasteiger partial charge in [0.05, 0.1) is 11.5 Å². The van der Waals surface area contributed by atoms with Gasteiger partial charge in [0, 0.05) is 0 Å². The van der Waals surface area contributed by atoms with E-state index in [-0.39, 0.29) is 32.7 Å². The number of benzene rings is 3. The van der Waals surface area contributed by atoms with Crippen molar-refractivity contribution in [2.45, 2.75) is 89.9 Å². The van der Waals surface area contributed by atoms with Crippen LogP contribution in [0.25, 0.3) is 0 Å². The summed E-state index contributed by atoms with van der Waals surface area (Å²) in [6, 6.07) is 26.1. The number of hydrogen-bond acceptors (Lipinski definition) is 3. The molecule has 3 nitrogen and oxygen atoms in total. The molecule has 0 aromatic heterocycles. The highest BCUT2D eigenvalue weighted by Crippen LogP contribution is 2.13. The number of aryl methyl sites for hydroxylation is 2. The Hall–Kier alpha value is -1.70. The van der Waals surface area contributed by atoms with Gasteiger partial charge < -0.3 is 0 Å². The second-order valence-corrected chi connectivity index (χ2v) is 14.1. The van der Waals surface area contributed by atoms with E-state index in [0.717, 1.165) is 12.8 Å². The van der Waals surface area contributed by atoms with Gasteiger partial charge in [0.15, 0.2) is 7.14 Å². The first-order valence-corrected chi connectivity index (χ1v) is 17.2. The Kier molecular flexibility index (Phi) is 15.8. The fourth-order valence-corrected chi connectivity index (χ4v) is 6.85. The van der Waals surface area contributed by atoms with Crippen LogP contribution in [-0.4, -0.2) is 15.0 Å². The van der Waals surface area contributed by atoms with E-state index in [1.165, 1.54) is 69.6 Å². The van der Waals surface area contributed by atoms with Crippen LogP contribution in [0.4, 0.5) is 0 Å². The van der Waals surface area contributed by atoms with E-state index in [0.29, 0.717) is 0 Å². The van der Waals surface area contributed by atoms with Crippen molar-refractivity contribution in [3.63, 3.8) is 0 Å². The summed E-state index contributed by atoms with van der Waals surface area (Å²) in [6.45, 7) is 6.79. The van der Waals surface area contributed by atoms with Crippen LogP contribution in [0.1, 0.15) is 82.3 Å². The van der Waals surface area contributed by atoms with Crippen molar-refractivity contribution in [1.82, 2.24) is 0 Å². The van der Waals surface area contributed by atoms with Gasteiger partial charge in [-0.25, -0.2) is 0 Å². The van der Waals surface area contributed by atoms with Crippen LogP contribution in [-0.2, 0) is 14.3 Å². The van der Waals surface area contributed by atoms with Crippen molar-refractivity contribution in [2.75, 3.05) is 6.61 Å². The van der Waals surface area contributed by atoms with E-state index in [9.17, 15) is 8.42 Å². The zero-order valence-corrected chi connectivity index (χ0v) is 25.8. The average Bonchev–Trinajstić information content (AvgIpc) is 2.91. The Bertz CT molecular complexity index is 1040. The molecule has 0 amide bonds. The minimum atomic E-state index is -3.57. The maximum atomic E-state index is 11.9. The lowest BCUT2D eigenvalue weighted by Gasteiger charge is -2.05. The first-order valence-electron chi connectivity index (χ1n) is 13.6. The van der Waals surface area contributed by atoms with Crippen LogP contribution in [0.5, 0.6) is 0 Å². The van der Waals surface area contributed by atoms with Gasteiger partial charge >= 0.3 is 21.2 Å². The average molecular weight is 636 g/mol. The molecule has 37 heavy (non-hydrogen) atoms. The monoisotopic (exact) mass is 635 g/mol. The molecule has 0 N–H and O–H groups in total. The molecule has 0 bridgehead atoms. The number of rotatable bonds is 15. The Balaban J connectivity index is 0.000000278. The Morgan fingerprint density at radius 2 is 1.03 bits per heavy atom. The largest absolute Gasteiger partial charge is 0.357 e. The van der Waals surface area contributed by atoms with Gasteiger partial charge in [-0.3, -0.25) is 4.18 Å². The van der Waals surface area contributed by atoms with Crippen LogP contribution in [0, 0.1) is 21.0 Å². The summed E-state index contributed by atoms with van der Waals surface area (Å²) < 4.78 is 31.8. The van der Waals surface area contributed by atoms with E-state index >= 15 is 0 Å². The van der Waals surface area contributed by atoms with Crippen LogP contribution < -0.4 is 21.2 Å². The summed E-state index contributed by atoms with van der Waals surface area (Å²) in [5.74, 6) is 0. The molecule has 202 valence electrons. The molecular formula is C32H44IO3S+. The smallest absolute Gasteiger partial charge is 0.266 e. The molecule has 0 heterocycles. The maximum absolute atomic E-state index is 11.9. The normalized spacial score (nSPS) is 11.1. The van der Waals surface area contributed by atoms with Crippen LogP contribution in [0.2, 0.25) is 0 Å². The maximum Gasteiger partial charge on any atom is 0.357 e. The van der Waals surface area contributed by atoms with Crippen molar-refractivity contribution in [3.05, 3.63) is 97.1 Å². The van der Waals surface area contributed by atoms with Crippen molar-refractivity contribution in [2.24, 2.45) is 0 Å². The van der Waals surface area contributed by atoms with Crippen molar-refractivity contribution in [1.29, 1.82) is 0 Å². The van der Waals surface area contributed by atoms with E-state index in [1.807, 2.05) is 0 Å². The SMILES string of the molecule is CCCCCCCCCCCCOS(=O)(=O)c1ccccc1.Cc1ccc([I+]c2ccc(C)cc2)cc1. The van der Waals surface area contributed by atoms with Gasteiger partial charge in [-0.1, -0.05) is 118 Å². The number of halogens is 1. The van der Waals surface area contributed by atoms with Gasteiger partial charge in [0.2, 0.25) is 0 Å². The molecule has 0 aliphatic carbocycles. The first-order chi connectivity index (χ1) is 17.9. The molecule has 0 fully saturated rings. The van der Waals surface area contributed by atoms with E-state index in [4.69, 9.17) is 4.18 Å². The van der Waals surface area contributed by atoms with E-state index < -0.39 is 10.1 Å². The van der Waals surface area contributed by atoms with Crippen molar-refractivity contribution < 1.29 is 33.8 Å².